The minimum atomic E-state index is -0.823. The highest BCUT2D eigenvalue weighted by atomic mass is 16.7. The summed E-state index contributed by atoms with van der Waals surface area (Å²) in [4.78, 5) is 0. The highest BCUT2D eigenvalue weighted by Crippen LogP contribution is 2.50. The monoisotopic (exact) mass is 382 g/mol. The molecule has 0 aliphatic carbocycles. The van der Waals surface area contributed by atoms with Crippen LogP contribution in [0.3, 0.4) is 0 Å². The van der Waals surface area contributed by atoms with Crippen molar-refractivity contribution in [1.82, 2.24) is 0 Å². The van der Waals surface area contributed by atoms with E-state index in [1.54, 1.807) is 24.3 Å². The van der Waals surface area contributed by atoms with Crippen molar-refractivity contribution in [3.63, 3.8) is 0 Å². The summed E-state index contributed by atoms with van der Waals surface area (Å²) >= 11 is 0. The molecule has 2 aromatic carbocycles. The molecule has 2 aliphatic rings. The third-order valence-electron chi connectivity index (χ3n) is 4.87. The van der Waals surface area contributed by atoms with Gasteiger partial charge >= 0.3 is 0 Å². The molecule has 2 aromatic rings. The molecule has 2 heterocycles. The number of hydrogen-bond donors (Lipinski definition) is 1. The van der Waals surface area contributed by atoms with E-state index < -0.39 is 11.8 Å². The molecule has 0 amide bonds. The highest BCUT2D eigenvalue weighted by molar-refractivity contribution is 5.85. The third-order valence-corrected chi connectivity index (χ3v) is 4.87. The predicted molar refractivity (Wildman–Crippen MR) is 98.0 cm³/mol. The smallest absolute Gasteiger partial charge is 0.231 e. The lowest BCUT2D eigenvalue weighted by molar-refractivity contribution is 0.171. The first-order valence-electron chi connectivity index (χ1n) is 8.50. The number of nitrogens with one attached hydrogen (secondary N) is 1. The maximum absolute atomic E-state index is 9.75. The summed E-state index contributed by atoms with van der Waals surface area (Å²) in [6, 6.07) is 9.21. The van der Waals surface area contributed by atoms with E-state index in [2.05, 4.69) is 6.07 Å². The van der Waals surface area contributed by atoms with Crippen LogP contribution in [-0.2, 0) is 0 Å². The van der Waals surface area contributed by atoms with Crippen LogP contribution in [0, 0.1) is 22.7 Å². The van der Waals surface area contributed by atoms with Crippen LogP contribution in [0.25, 0.3) is 0 Å². The van der Waals surface area contributed by atoms with E-state index in [-0.39, 0.29) is 12.7 Å². The highest BCUT2D eigenvalue weighted by Gasteiger charge is 2.39. The Kier molecular flexibility index (Phi) is 4.35. The topological polar surface area (TPSA) is 103 Å². The fourth-order valence-corrected chi connectivity index (χ4v) is 3.56. The molecule has 1 N–H and O–H groups in total. The van der Waals surface area contributed by atoms with E-state index in [1.807, 2.05) is 0 Å². The van der Waals surface area contributed by atoms with Crippen molar-refractivity contribution in [3.05, 3.63) is 35.4 Å². The number of fused-ring (bicyclic) bond motifs is 2. The molecule has 4 rings (SSSR count). The van der Waals surface area contributed by atoms with Gasteiger partial charge in [0.05, 0.1) is 27.4 Å². The van der Waals surface area contributed by atoms with Gasteiger partial charge in [0.1, 0.15) is 11.7 Å². The lowest BCUT2D eigenvalue weighted by atomic mass is 9.78. The molecule has 0 bridgehead atoms. The van der Waals surface area contributed by atoms with Crippen LogP contribution >= 0.6 is 0 Å². The van der Waals surface area contributed by atoms with E-state index in [0.29, 0.717) is 40.1 Å². The molecule has 0 fully saturated rings. The van der Waals surface area contributed by atoms with Crippen molar-refractivity contribution in [2.75, 3.05) is 28.1 Å². The third kappa shape index (κ3) is 2.63. The van der Waals surface area contributed by atoms with Gasteiger partial charge in [0.15, 0.2) is 23.0 Å². The largest absolute Gasteiger partial charge is 0.493 e. The maximum atomic E-state index is 9.75. The first-order valence-corrected chi connectivity index (χ1v) is 8.50. The number of hydrogen-bond acceptors (Lipinski definition) is 8. The minimum Gasteiger partial charge on any atom is -0.493 e. The van der Waals surface area contributed by atoms with Gasteiger partial charge in [0.2, 0.25) is 18.4 Å². The normalized spacial score (nSPS) is 19.3. The molecule has 0 saturated heterocycles. The predicted octanol–water partition coefficient (Wildman–Crippen LogP) is 3.08. The minimum absolute atomic E-state index is 0.0992. The van der Waals surface area contributed by atoms with Gasteiger partial charge in [-0.2, -0.15) is 5.26 Å². The zero-order valence-corrected chi connectivity index (χ0v) is 15.6. The molecule has 0 radical (unpaired) electrons. The van der Waals surface area contributed by atoms with E-state index in [0.717, 1.165) is 5.56 Å². The average molecular weight is 382 g/mol. The molecule has 2 atom stereocenters. The summed E-state index contributed by atoms with van der Waals surface area (Å²) in [5, 5.41) is 18.0. The van der Waals surface area contributed by atoms with Gasteiger partial charge in [-0.15, -0.1) is 0 Å². The molecule has 8 heteroatoms. The van der Waals surface area contributed by atoms with Crippen molar-refractivity contribution in [2.24, 2.45) is 5.92 Å². The van der Waals surface area contributed by atoms with Crippen LogP contribution in [0.1, 0.15) is 17.0 Å². The molecule has 0 saturated carbocycles. The van der Waals surface area contributed by atoms with Crippen molar-refractivity contribution in [2.45, 2.75) is 5.92 Å². The Labute approximate surface area is 161 Å². The van der Waals surface area contributed by atoms with Gasteiger partial charge in [-0.25, -0.2) is 0 Å². The second-order valence-electron chi connectivity index (χ2n) is 6.25. The quantitative estimate of drug-likeness (QED) is 0.867. The van der Waals surface area contributed by atoms with Gasteiger partial charge in [-0.3, -0.25) is 5.41 Å². The Hall–Kier alpha value is -3.60. The summed E-state index contributed by atoms with van der Waals surface area (Å²) < 4.78 is 32.8. The van der Waals surface area contributed by atoms with Crippen LogP contribution in [-0.4, -0.2) is 34.0 Å². The summed E-state index contributed by atoms with van der Waals surface area (Å²) in [7, 11) is 4.60. The standard InChI is InChI=1S/C20H18N2O6/c1-23-14-6-11-13(7-15(14)24-2)28-20(22)12(8-21)18(11)10-4-16(25-3)19-17(5-10)26-9-27-19/h4-7,12,18,22H,9H2,1-3H3. The number of methoxy groups -OCH3 is 3. The van der Waals surface area contributed by atoms with Crippen molar-refractivity contribution < 1.29 is 28.4 Å². The lowest BCUT2D eigenvalue weighted by Gasteiger charge is -2.31. The number of nitrogens with zero attached hydrogens (tertiary/aromatic N) is 1. The summed E-state index contributed by atoms with van der Waals surface area (Å²) in [6.07, 6.45) is 0. The van der Waals surface area contributed by atoms with E-state index >= 15 is 0 Å². The van der Waals surface area contributed by atoms with Crippen LogP contribution in [0.4, 0.5) is 0 Å². The number of rotatable bonds is 4. The van der Waals surface area contributed by atoms with Crippen LogP contribution in [0.5, 0.6) is 34.5 Å². The van der Waals surface area contributed by atoms with E-state index in [9.17, 15) is 5.26 Å². The Bertz CT molecular complexity index is 997. The Balaban J connectivity index is 1.93. The molecule has 2 aliphatic heterocycles. The fraction of sp³-hybridized carbons (Fsp3) is 0.300. The number of ether oxygens (including phenoxy) is 6. The summed E-state index contributed by atoms with van der Waals surface area (Å²) in [6.45, 7) is 0.0992. The second kappa shape index (κ2) is 6.85. The SMILES string of the molecule is COc1cc2c(cc1OC)C(c1cc(OC)c3c(c1)OCO3)C(C#N)C(=N)O2. The second-order valence-corrected chi connectivity index (χ2v) is 6.25. The number of nitriles is 1. The Morgan fingerprint density at radius 2 is 1.68 bits per heavy atom. The zero-order chi connectivity index (χ0) is 19.8. The maximum Gasteiger partial charge on any atom is 0.231 e. The summed E-state index contributed by atoms with van der Waals surface area (Å²) in [5.41, 5.74) is 1.45. The van der Waals surface area contributed by atoms with Crippen molar-refractivity contribution in [3.8, 4) is 40.6 Å². The molecular formula is C20H18N2O6. The van der Waals surface area contributed by atoms with Crippen LogP contribution in [0.2, 0.25) is 0 Å². The average Bonchev–Trinajstić information content (AvgIpc) is 3.19. The van der Waals surface area contributed by atoms with Crippen LogP contribution in [0.15, 0.2) is 24.3 Å². The fourth-order valence-electron chi connectivity index (χ4n) is 3.56. The Morgan fingerprint density at radius 1 is 0.964 bits per heavy atom. The molecule has 28 heavy (non-hydrogen) atoms. The van der Waals surface area contributed by atoms with Crippen molar-refractivity contribution >= 4 is 5.90 Å². The van der Waals surface area contributed by atoms with Gasteiger partial charge < -0.3 is 28.4 Å². The zero-order valence-electron chi connectivity index (χ0n) is 15.6. The molecule has 2 unspecified atom stereocenters. The Morgan fingerprint density at radius 3 is 2.36 bits per heavy atom. The van der Waals surface area contributed by atoms with Gasteiger partial charge in [0, 0.05) is 17.5 Å². The lowest BCUT2D eigenvalue weighted by Crippen LogP contribution is -2.31. The molecule has 144 valence electrons. The molecule has 0 aromatic heterocycles. The van der Waals surface area contributed by atoms with E-state index in [4.69, 9.17) is 33.8 Å². The van der Waals surface area contributed by atoms with Gasteiger partial charge in [0.25, 0.3) is 0 Å². The first kappa shape index (κ1) is 17.8. The number of benzene rings is 2. The molecule has 0 spiro atoms. The van der Waals surface area contributed by atoms with Crippen LogP contribution < -0.4 is 28.4 Å². The van der Waals surface area contributed by atoms with Crippen molar-refractivity contribution in [1.29, 1.82) is 10.7 Å². The van der Waals surface area contributed by atoms with Gasteiger partial charge in [-0.05, 0) is 23.8 Å². The van der Waals surface area contributed by atoms with E-state index in [1.165, 1.54) is 21.3 Å². The summed E-state index contributed by atoms with van der Waals surface area (Å²) in [5.74, 6) is 1.54. The molecular weight excluding hydrogens is 364 g/mol. The van der Waals surface area contributed by atoms with Gasteiger partial charge in [-0.1, -0.05) is 0 Å². The first-order chi connectivity index (χ1) is 13.6. The molecule has 8 nitrogen and oxygen atoms in total.